The summed E-state index contributed by atoms with van der Waals surface area (Å²) in [6.45, 7) is 2.80. The van der Waals surface area contributed by atoms with Crippen molar-refractivity contribution in [3.63, 3.8) is 0 Å². The van der Waals surface area contributed by atoms with Crippen molar-refractivity contribution in [1.82, 2.24) is 9.55 Å². The van der Waals surface area contributed by atoms with Crippen LogP contribution in [0.15, 0.2) is 30.7 Å². The number of nitrogens with two attached hydrogens (primary N) is 1. The normalized spacial score (nSPS) is 12.2. The molecule has 0 aliphatic rings. The largest absolute Gasteiger partial charge is 0.493 e. The molecule has 5 nitrogen and oxygen atoms in total. The van der Waals surface area contributed by atoms with Crippen LogP contribution in [0.25, 0.3) is 0 Å². The minimum Gasteiger partial charge on any atom is -0.493 e. The zero-order valence-electron chi connectivity index (χ0n) is 12.2. The third-order valence-corrected chi connectivity index (χ3v) is 3.30. The van der Waals surface area contributed by atoms with Crippen LogP contribution in [-0.2, 0) is 13.0 Å². The van der Waals surface area contributed by atoms with Gasteiger partial charge in [-0.25, -0.2) is 4.98 Å². The number of ether oxygens (including phenoxy) is 2. The number of aromatic nitrogens is 2. The monoisotopic (exact) mass is 275 g/mol. The molecule has 0 saturated carbocycles. The van der Waals surface area contributed by atoms with Gasteiger partial charge in [0.25, 0.3) is 0 Å². The number of rotatable bonds is 6. The molecule has 20 heavy (non-hydrogen) atoms. The molecule has 0 spiro atoms. The van der Waals surface area contributed by atoms with Crippen LogP contribution < -0.4 is 15.2 Å². The quantitative estimate of drug-likeness (QED) is 0.877. The van der Waals surface area contributed by atoms with E-state index < -0.39 is 0 Å². The van der Waals surface area contributed by atoms with Crippen molar-refractivity contribution < 1.29 is 9.47 Å². The molecule has 108 valence electrons. The van der Waals surface area contributed by atoms with Crippen LogP contribution in [0.1, 0.15) is 24.2 Å². The highest BCUT2D eigenvalue weighted by Gasteiger charge is 2.08. The molecule has 1 heterocycles. The first kappa shape index (κ1) is 14.4. The van der Waals surface area contributed by atoms with E-state index in [9.17, 15) is 0 Å². The van der Waals surface area contributed by atoms with Crippen molar-refractivity contribution in [2.75, 3.05) is 14.2 Å². The van der Waals surface area contributed by atoms with Gasteiger partial charge in [0.1, 0.15) is 0 Å². The highest BCUT2D eigenvalue weighted by molar-refractivity contribution is 5.42. The van der Waals surface area contributed by atoms with Crippen LogP contribution in [-0.4, -0.2) is 23.8 Å². The maximum atomic E-state index is 5.91. The van der Waals surface area contributed by atoms with Crippen LogP contribution in [0, 0.1) is 0 Å². The van der Waals surface area contributed by atoms with Crippen molar-refractivity contribution >= 4 is 0 Å². The Hall–Kier alpha value is -2.01. The Morgan fingerprint density at radius 2 is 2.00 bits per heavy atom. The van der Waals surface area contributed by atoms with E-state index in [4.69, 9.17) is 15.2 Å². The van der Waals surface area contributed by atoms with Gasteiger partial charge < -0.3 is 19.8 Å². The maximum Gasteiger partial charge on any atom is 0.160 e. The van der Waals surface area contributed by atoms with E-state index in [2.05, 4.69) is 9.55 Å². The summed E-state index contributed by atoms with van der Waals surface area (Å²) in [4.78, 5) is 4.16. The molecule has 1 atom stereocenters. The Labute approximate surface area is 119 Å². The molecule has 0 amide bonds. The number of nitrogens with zero attached hydrogens (tertiary/aromatic N) is 2. The summed E-state index contributed by atoms with van der Waals surface area (Å²) in [7, 11) is 3.28. The number of benzene rings is 1. The van der Waals surface area contributed by atoms with Gasteiger partial charge in [-0.2, -0.15) is 0 Å². The lowest BCUT2D eigenvalue weighted by Crippen LogP contribution is -2.12. The number of methoxy groups -OCH3 is 2. The topological polar surface area (TPSA) is 62.3 Å². The van der Waals surface area contributed by atoms with Gasteiger partial charge >= 0.3 is 0 Å². The van der Waals surface area contributed by atoms with Crippen molar-refractivity contribution in [3.05, 3.63) is 42.0 Å². The first-order chi connectivity index (χ1) is 9.65. The molecule has 0 radical (unpaired) electrons. The standard InChI is InChI=1S/C15H21N3O2/c1-11(16)13-9-17-10-18(13)7-6-12-4-5-14(19-2)15(8-12)20-3/h4-5,8-11H,6-7,16H2,1-3H3. The lowest BCUT2D eigenvalue weighted by Gasteiger charge is -2.12. The maximum absolute atomic E-state index is 5.91. The highest BCUT2D eigenvalue weighted by Crippen LogP contribution is 2.27. The molecule has 0 fully saturated rings. The van der Waals surface area contributed by atoms with Crippen molar-refractivity contribution in [3.8, 4) is 11.5 Å². The molecule has 5 heteroatoms. The van der Waals surface area contributed by atoms with Gasteiger partial charge in [-0.15, -0.1) is 0 Å². The third-order valence-electron chi connectivity index (χ3n) is 3.30. The predicted molar refractivity (Wildman–Crippen MR) is 78.1 cm³/mol. The van der Waals surface area contributed by atoms with E-state index in [-0.39, 0.29) is 6.04 Å². The van der Waals surface area contributed by atoms with Gasteiger partial charge in [0.2, 0.25) is 0 Å². The Kier molecular flexibility index (Phi) is 4.63. The molecule has 2 aromatic rings. The van der Waals surface area contributed by atoms with Gasteiger partial charge in [0.15, 0.2) is 11.5 Å². The molecule has 2 N–H and O–H groups in total. The number of hydrogen-bond acceptors (Lipinski definition) is 4. The second kappa shape index (κ2) is 6.43. The Balaban J connectivity index is 2.09. The van der Waals surface area contributed by atoms with Crippen molar-refractivity contribution in [2.24, 2.45) is 5.73 Å². The van der Waals surface area contributed by atoms with Gasteiger partial charge in [-0.1, -0.05) is 6.07 Å². The molecular formula is C15H21N3O2. The zero-order valence-corrected chi connectivity index (χ0v) is 12.2. The smallest absolute Gasteiger partial charge is 0.160 e. The van der Waals surface area contributed by atoms with Gasteiger partial charge in [0.05, 0.1) is 26.2 Å². The second-order valence-electron chi connectivity index (χ2n) is 4.74. The first-order valence-corrected chi connectivity index (χ1v) is 6.62. The lowest BCUT2D eigenvalue weighted by molar-refractivity contribution is 0.354. The SMILES string of the molecule is COc1ccc(CCn2cncc2C(C)N)cc1OC. The van der Waals surface area contributed by atoms with E-state index in [0.717, 1.165) is 30.2 Å². The summed E-state index contributed by atoms with van der Waals surface area (Å²) in [5.74, 6) is 1.50. The molecule has 1 aromatic carbocycles. The first-order valence-electron chi connectivity index (χ1n) is 6.62. The molecule has 0 aliphatic carbocycles. The summed E-state index contributed by atoms with van der Waals surface area (Å²) < 4.78 is 12.6. The summed E-state index contributed by atoms with van der Waals surface area (Å²) in [5.41, 5.74) is 8.15. The molecule has 0 saturated heterocycles. The molecule has 0 bridgehead atoms. The summed E-state index contributed by atoms with van der Waals surface area (Å²) >= 11 is 0. The minimum absolute atomic E-state index is 0.0112. The van der Waals surface area contributed by atoms with Crippen LogP contribution in [0.4, 0.5) is 0 Å². The van der Waals surface area contributed by atoms with E-state index in [0.29, 0.717) is 0 Å². The summed E-state index contributed by atoms with van der Waals surface area (Å²) in [6.07, 6.45) is 4.52. The molecule has 1 unspecified atom stereocenters. The second-order valence-corrected chi connectivity index (χ2v) is 4.74. The van der Waals surface area contributed by atoms with E-state index in [1.165, 1.54) is 5.56 Å². The van der Waals surface area contributed by atoms with Crippen molar-refractivity contribution in [1.29, 1.82) is 0 Å². The number of hydrogen-bond donors (Lipinski definition) is 1. The summed E-state index contributed by atoms with van der Waals surface area (Å²) in [6, 6.07) is 5.96. The fourth-order valence-electron chi connectivity index (χ4n) is 2.18. The lowest BCUT2D eigenvalue weighted by atomic mass is 10.1. The van der Waals surface area contributed by atoms with E-state index in [1.807, 2.05) is 37.6 Å². The predicted octanol–water partition coefficient (Wildman–Crippen LogP) is 2.16. The Morgan fingerprint density at radius 3 is 2.65 bits per heavy atom. The number of aryl methyl sites for hydroxylation is 2. The summed E-state index contributed by atoms with van der Waals surface area (Å²) in [5, 5.41) is 0. The Bertz CT molecular complexity index is 564. The average Bonchev–Trinajstić information content (AvgIpc) is 2.93. The third kappa shape index (κ3) is 3.11. The van der Waals surface area contributed by atoms with Gasteiger partial charge in [0, 0.05) is 18.8 Å². The van der Waals surface area contributed by atoms with E-state index >= 15 is 0 Å². The zero-order chi connectivity index (χ0) is 14.5. The van der Waals surface area contributed by atoms with Crippen molar-refractivity contribution in [2.45, 2.75) is 25.9 Å². The fourth-order valence-corrected chi connectivity index (χ4v) is 2.18. The highest BCUT2D eigenvalue weighted by atomic mass is 16.5. The van der Waals surface area contributed by atoms with Crippen LogP contribution >= 0.6 is 0 Å². The van der Waals surface area contributed by atoms with Crippen LogP contribution in [0.5, 0.6) is 11.5 Å². The van der Waals surface area contributed by atoms with Crippen LogP contribution in [0.3, 0.4) is 0 Å². The van der Waals surface area contributed by atoms with Crippen LogP contribution in [0.2, 0.25) is 0 Å². The minimum atomic E-state index is -0.0112. The molecule has 2 rings (SSSR count). The fraction of sp³-hybridized carbons (Fsp3) is 0.400. The number of imidazole rings is 1. The van der Waals surface area contributed by atoms with Gasteiger partial charge in [-0.05, 0) is 31.0 Å². The van der Waals surface area contributed by atoms with E-state index in [1.54, 1.807) is 14.2 Å². The molecule has 0 aliphatic heterocycles. The Morgan fingerprint density at radius 1 is 1.25 bits per heavy atom. The molecule has 1 aromatic heterocycles. The molecular weight excluding hydrogens is 254 g/mol. The van der Waals surface area contributed by atoms with Gasteiger partial charge in [-0.3, -0.25) is 0 Å². The average molecular weight is 275 g/mol.